The zero-order chi connectivity index (χ0) is 19.1. The van der Waals surface area contributed by atoms with Crippen LogP contribution in [0.2, 0.25) is 0 Å². The third-order valence-corrected chi connectivity index (χ3v) is 3.90. The normalized spacial score (nSPS) is 24.3. The molecule has 0 bridgehead atoms. The van der Waals surface area contributed by atoms with Gasteiger partial charge in [-0.2, -0.15) is 26.3 Å². The summed E-state index contributed by atoms with van der Waals surface area (Å²) in [5.74, 6) is -0.806. The molecular formula is C12H20B2F6N2O2. The Morgan fingerprint density at radius 1 is 1.00 bits per heavy atom. The Labute approximate surface area is 138 Å². The van der Waals surface area contributed by atoms with Crippen molar-refractivity contribution in [2.75, 3.05) is 13.1 Å². The first kappa shape index (κ1) is 21.0. The van der Waals surface area contributed by atoms with E-state index in [-0.39, 0.29) is 18.0 Å². The molecule has 1 aliphatic rings. The number of rotatable bonds is 1. The van der Waals surface area contributed by atoms with Crippen molar-refractivity contribution in [3.8, 4) is 0 Å². The van der Waals surface area contributed by atoms with Crippen LogP contribution < -0.4 is 0 Å². The van der Waals surface area contributed by atoms with Gasteiger partial charge in [-0.15, -0.1) is 0 Å². The number of hydrogen-bond donors (Lipinski definition) is 0. The predicted octanol–water partition coefficient (Wildman–Crippen LogP) is 0.951. The van der Waals surface area contributed by atoms with Gasteiger partial charge in [-0.3, -0.25) is 0 Å². The lowest BCUT2D eigenvalue weighted by Gasteiger charge is -2.49. The Morgan fingerprint density at radius 2 is 1.46 bits per heavy atom. The van der Waals surface area contributed by atoms with E-state index in [2.05, 4.69) is 4.74 Å². The molecule has 0 spiro atoms. The highest BCUT2D eigenvalue weighted by atomic mass is 19.4. The first-order valence-corrected chi connectivity index (χ1v) is 7.42. The summed E-state index contributed by atoms with van der Waals surface area (Å²) >= 11 is 0. The van der Waals surface area contributed by atoms with E-state index in [1.165, 1.54) is 0 Å². The molecule has 1 aliphatic heterocycles. The van der Waals surface area contributed by atoms with Gasteiger partial charge in [0.15, 0.2) is 0 Å². The molecule has 2 unspecified atom stereocenters. The molecule has 4 nitrogen and oxygen atoms in total. The van der Waals surface area contributed by atoms with Crippen molar-refractivity contribution in [1.29, 1.82) is 0 Å². The quantitative estimate of drug-likeness (QED) is 0.516. The minimum atomic E-state index is -5.71. The molecule has 1 amide bonds. The zero-order valence-electron chi connectivity index (χ0n) is 14.1. The number of amides is 1. The van der Waals surface area contributed by atoms with Gasteiger partial charge in [0.25, 0.3) is 6.10 Å². The summed E-state index contributed by atoms with van der Waals surface area (Å²) in [7, 11) is 3.31. The average Bonchev–Trinajstić information content (AvgIpc) is 2.33. The van der Waals surface area contributed by atoms with E-state index >= 15 is 0 Å². The highest BCUT2D eigenvalue weighted by molar-refractivity contribution is 6.15. The van der Waals surface area contributed by atoms with Gasteiger partial charge in [0.1, 0.15) is 15.7 Å². The number of hydrogen-bond acceptors (Lipinski definition) is 3. The minimum Gasteiger partial charge on any atom is -0.426 e. The molecule has 1 fully saturated rings. The van der Waals surface area contributed by atoms with Crippen molar-refractivity contribution in [1.82, 2.24) is 9.80 Å². The fourth-order valence-electron chi connectivity index (χ4n) is 2.80. The summed E-state index contributed by atoms with van der Waals surface area (Å²) in [4.78, 5) is 14.8. The molecule has 24 heavy (non-hydrogen) atoms. The second-order valence-electron chi connectivity index (χ2n) is 7.02. The Morgan fingerprint density at radius 3 is 1.83 bits per heavy atom. The minimum absolute atomic E-state index is 0.0142. The second kappa shape index (κ2) is 6.68. The molecular weight excluding hydrogens is 340 g/mol. The van der Waals surface area contributed by atoms with Gasteiger partial charge in [0, 0.05) is 24.6 Å². The number of carbonyl (C=O) groups excluding carboxylic acids is 1. The first-order chi connectivity index (χ1) is 10.5. The molecule has 1 saturated heterocycles. The number of piperazine rings is 1. The van der Waals surface area contributed by atoms with Crippen molar-refractivity contribution in [2.45, 2.75) is 56.6 Å². The topological polar surface area (TPSA) is 32.8 Å². The van der Waals surface area contributed by atoms with Crippen molar-refractivity contribution in [2.24, 2.45) is 0 Å². The lowest BCUT2D eigenvalue weighted by atomic mass is 9.81. The number of nitrogens with zero attached hydrogens (tertiary/aromatic N) is 2. The maximum atomic E-state index is 12.5. The molecule has 138 valence electrons. The smallest absolute Gasteiger partial charge is 0.426 e. The van der Waals surface area contributed by atoms with Crippen LogP contribution in [-0.2, 0) is 4.74 Å². The maximum absolute atomic E-state index is 12.5. The second-order valence-corrected chi connectivity index (χ2v) is 7.02. The highest BCUT2D eigenvalue weighted by Gasteiger charge is 2.60. The van der Waals surface area contributed by atoms with Crippen LogP contribution in [-0.4, -0.2) is 80.6 Å². The van der Waals surface area contributed by atoms with Gasteiger partial charge >= 0.3 is 18.4 Å². The van der Waals surface area contributed by atoms with Crippen molar-refractivity contribution in [3.63, 3.8) is 0 Å². The summed E-state index contributed by atoms with van der Waals surface area (Å²) < 4.78 is 78.8. The molecule has 12 heteroatoms. The molecule has 0 aromatic rings. The van der Waals surface area contributed by atoms with Crippen molar-refractivity contribution >= 4 is 21.8 Å². The molecule has 0 aromatic heterocycles. The maximum Gasteiger partial charge on any atom is 0.434 e. The van der Waals surface area contributed by atoms with Crippen LogP contribution in [0.5, 0.6) is 0 Å². The van der Waals surface area contributed by atoms with Gasteiger partial charge in [0.05, 0.1) is 0 Å². The van der Waals surface area contributed by atoms with Crippen LogP contribution >= 0.6 is 0 Å². The van der Waals surface area contributed by atoms with Gasteiger partial charge in [-0.1, -0.05) is 0 Å². The average molecular weight is 360 g/mol. The van der Waals surface area contributed by atoms with Gasteiger partial charge in [-0.05, 0) is 26.7 Å². The van der Waals surface area contributed by atoms with Crippen molar-refractivity contribution < 1.29 is 35.9 Å². The van der Waals surface area contributed by atoms with Gasteiger partial charge in [0.2, 0.25) is 0 Å². The van der Waals surface area contributed by atoms with E-state index in [9.17, 15) is 31.1 Å². The number of carbonyl (C=O) groups is 1. The molecule has 0 saturated carbocycles. The zero-order valence-corrected chi connectivity index (χ0v) is 14.1. The first-order valence-electron chi connectivity index (χ1n) is 7.42. The van der Waals surface area contributed by atoms with Crippen LogP contribution in [0.4, 0.5) is 31.1 Å². The summed E-state index contributed by atoms with van der Waals surface area (Å²) in [6, 6.07) is 0. The van der Waals surface area contributed by atoms with Gasteiger partial charge in [-0.25, -0.2) is 4.79 Å². The van der Waals surface area contributed by atoms with E-state index in [1.807, 2.05) is 25.7 Å². The molecule has 0 radical (unpaired) electrons. The summed E-state index contributed by atoms with van der Waals surface area (Å²) in [6.45, 7) is 6.12. The van der Waals surface area contributed by atoms with Crippen LogP contribution in [0.3, 0.4) is 0 Å². The number of alkyl halides is 6. The molecule has 2 atom stereocenters. The summed E-state index contributed by atoms with van der Waals surface area (Å²) in [5, 5.41) is 0. The van der Waals surface area contributed by atoms with E-state index in [0.29, 0.717) is 6.54 Å². The lowest BCUT2D eigenvalue weighted by molar-refractivity contribution is -0.308. The Bertz CT molecular complexity index is 452. The van der Waals surface area contributed by atoms with Crippen LogP contribution in [0, 0.1) is 0 Å². The number of halogens is 6. The van der Waals surface area contributed by atoms with Crippen LogP contribution in [0.25, 0.3) is 0 Å². The van der Waals surface area contributed by atoms with Crippen molar-refractivity contribution in [3.05, 3.63) is 0 Å². The SMILES string of the molecule is BC1CN(C(C)(C)C)C(B)CN1C(=O)OC(C(F)(F)F)C(F)(F)F. The molecule has 0 N–H and O–H groups in total. The standard InChI is InChI=1S/C12H20B2F6N2O2/c1-10(2,3)22-5-6(13)21(4-7(22)14)9(23)24-8(11(15,16)17)12(18,19)20/h6-8H,4-5,13-14H2,1-3H3. The lowest BCUT2D eigenvalue weighted by Crippen LogP contribution is -2.65. The molecule has 0 aliphatic carbocycles. The largest absolute Gasteiger partial charge is 0.434 e. The third kappa shape index (κ3) is 4.97. The predicted molar refractivity (Wildman–Crippen MR) is 80.2 cm³/mol. The van der Waals surface area contributed by atoms with Gasteiger partial charge < -0.3 is 14.5 Å². The van der Waals surface area contributed by atoms with E-state index < -0.39 is 30.5 Å². The fraction of sp³-hybridized carbons (Fsp3) is 0.917. The summed E-state index contributed by atoms with van der Waals surface area (Å²) in [6.07, 6.45) is -17.2. The molecule has 1 rings (SSSR count). The van der Waals surface area contributed by atoms with Crippen LogP contribution in [0.15, 0.2) is 0 Å². The highest BCUT2D eigenvalue weighted by Crippen LogP contribution is 2.36. The van der Waals surface area contributed by atoms with E-state index in [4.69, 9.17) is 0 Å². The molecule has 1 heterocycles. The summed E-state index contributed by atoms with van der Waals surface area (Å²) in [5.41, 5.74) is -0.246. The van der Waals surface area contributed by atoms with E-state index in [1.54, 1.807) is 15.7 Å². The third-order valence-electron chi connectivity index (χ3n) is 3.90. The number of ether oxygens (including phenoxy) is 1. The molecule has 0 aromatic carbocycles. The Hall–Kier alpha value is -1.06. The monoisotopic (exact) mass is 360 g/mol. The Kier molecular flexibility index (Phi) is 5.84. The fourth-order valence-corrected chi connectivity index (χ4v) is 2.80. The van der Waals surface area contributed by atoms with Crippen LogP contribution in [0.1, 0.15) is 20.8 Å². The Balaban J connectivity index is 2.89. The van der Waals surface area contributed by atoms with E-state index in [0.717, 1.165) is 4.90 Å².